The average molecular weight is 382 g/mol. The molecule has 0 bridgehead atoms. The van der Waals surface area contributed by atoms with Crippen LogP contribution in [0, 0.1) is 0 Å². The SMILES string of the molecule is CCCN(C[C@@H]1CC(c2ccc(OC)cc2)=NO1)C(=O)COc1ccccc1. The Balaban J connectivity index is 1.53. The van der Waals surface area contributed by atoms with Gasteiger partial charge in [-0.1, -0.05) is 30.3 Å². The topological polar surface area (TPSA) is 60.4 Å². The number of oxime groups is 1. The third kappa shape index (κ3) is 5.25. The first kappa shape index (κ1) is 19.7. The van der Waals surface area contributed by atoms with E-state index in [2.05, 4.69) is 5.16 Å². The number of carbonyl (C=O) groups excluding carboxylic acids is 1. The number of methoxy groups -OCH3 is 1. The second kappa shape index (κ2) is 9.78. The van der Waals surface area contributed by atoms with Crippen LogP contribution in [0.25, 0.3) is 0 Å². The van der Waals surface area contributed by atoms with Gasteiger partial charge in [0.05, 0.1) is 19.4 Å². The Bertz CT molecular complexity index is 790. The summed E-state index contributed by atoms with van der Waals surface area (Å²) in [5, 5.41) is 4.22. The van der Waals surface area contributed by atoms with E-state index in [1.165, 1.54) is 0 Å². The summed E-state index contributed by atoms with van der Waals surface area (Å²) >= 11 is 0. The van der Waals surface area contributed by atoms with E-state index in [0.29, 0.717) is 25.3 Å². The summed E-state index contributed by atoms with van der Waals surface area (Å²) in [4.78, 5) is 20.0. The molecule has 1 heterocycles. The summed E-state index contributed by atoms with van der Waals surface area (Å²) in [5.41, 5.74) is 1.89. The Morgan fingerprint density at radius 3 is 2.57 bits per heavy atom. The molecule has 0 radical (unpaired) electrons. The van der Waals surface area contributed by atoms with Gasteiger partial charge in [-0.05, 0) is 48.4 Å². The summed E-state index contributed by atoms with van der Waals surface area (Å²) in [7, 11) is 1.64. The minimum atomic E-state index is -0.149. The number of nitrogens with zero attached hydrogens (tertiary/aromatic N) is 2. The molecule has 0 saturated carbocycles. The average Bonchev–Trinajstić information content (AvgIpc) is 3.21. The fourth-order valence-corrected chi connectivity index (χ4v) is 3.07. The Labute approximate surface area is 165 Å². The fourth-order valence-electron chi connectivity index (χ4n) is 3.07. The lowest BCUT2D eigenvalue weighted by molar-refractivity contribution is -0.135. The van der Waals surface area contributed by atoms with Crippen LogP contribution >= 0.6 is 0 Å². The molecule has 1 aliphatic heterocycles. The number of para-hydroxylation sites is 1. The van der Waals surface area contributed by atoms with Crippen molar-refractivity contribution in [3.63, 3.8) is 0 Å². The van der Waals surface area contributed by atoms with Crippen molar-refractivity contribution < 1.29 is 19.1 Å². The monoisotopic (exact) mass is 382 g/mol. The third-order valence-corrected chi connectivity index (χ3v) is 4.53. The van der Waals surface area contributed by atoms with Gasteiger partial charge in [0.1, 0.15) is 11.5 Å². The molecule has 6 nitrogen and oxygen atoms in total. The smallest absolute Gasteiger partial charge is 0.260 e. The van der Waals surface area contributed by atoms with Gasteiger partial charge in [-0.25, -0.2) is 0 Å². The van der Waals surface area contributed by atoms with Crippen LogP contribution in [0.3, 0.4) is 0 Å². The zero-order valence-electron chi connectivity index (χ0n) is 16.3. The van der Waals surface area contributed by atoms with Crippen molar-refractivity contribution in [2.45, 2.75) is 25.9 Å². The summed E-state index contributed by atoms with van der Waals surface area (Å²) in [6, 6.07) is 17.1. The minimum absolute atomic E-state index is 0.0168. The van der Waals surface area contributed by atoms with Crippen molar-refractivity contribution in [3.05, 3.63) is 60.2 Å². The van der Waals surface area contributed by atoms with Crippen LogP contribution in [0.1, 0.15) is 25.3 Å². The van der Waals surface area contributed by atoms with Gasteiger partial charge in [0.25, 0.3) is 5.91 Å². The molecule has 148 valence electrons. The first-order valence-corrected chi connectivity index (χ1v) is 9.52. The van der Waals surface area contributed by atoms with Crippen LogP contribution in [-0.4, -0.2) is 49.4 Å². The van der Waals surface area contributed by atoms with Gasteiger partial charge in [-0.3, -0.25) is 4.79 Å². The Morgan fingerprint density at radius 2 is 1.89 bits per heavy atom. The van der Waals surface area contributed by atoms with E-state index in [1.807, 2.05) is 61.5 Å². The van der Waals surface area contributed by atoms with Gasteiger partial charge in [0.15, 0.2) is 12.7 Å². The highest BCUT2D eigenvalue weighted by atomic mass is 16.6. The highest BCUT2D eigenvalue weighted by Gasteiger charge is 2.26. The first-order valence-electron chi connectivity index (χ1n) is 9.52. The van der Waals surface area contributed by atoms with Crippen LogP contribution in [0.2, 0.25) is 0 Å². The maximum Gasteiger partial charge on any atom is 0.260 e. The van der Waals surface area contributed by atoms with Gasteiger partial charge in [0, 0.05) is 13.0 Å². The third-order valence-electron chi connectivity index (χ3n) is 4.53. The summed E-state index contributed by atoms with van der Waals surface area (Å²) < 4.78 is 10.8. The Kier molecular flexibility index (Phi) is 6.89. The first-order chi connectivity index (χ1) is 13.7. The van der Waals surface area contributed by atoms with E-state index in [9.17, 15) is 4.79 Å². The van der Waals surface area contributed by atoms with Crippen molar-refractivity contribution in [1.29, 1.82) is 0 Å². The quantitative estimate of drug-likeness (QED) is 0.666. The largest absolute Gasteiger partial charge is 0.497 e. The molecular weight excluding hydrogens is 356 g/mol. The molecule has 0 aromatic heterocycles. The van der Waals surface area contributed by atoms with E-state index < -0.39 is 0 Å². The fraction of sp³-hybridized carbons (Fsp3) is 0.364. The predicted molar refractivity (Wildman–Crippen MR) is 108 cm³/mol. The van der Waals surface area contributed by atoms with Crippen molar-refractivity contribution in [1.82, 2.24) is 4.90 Å². The molecular formula is C22H26N2O4. The second-order valence-electron chi connectivity index (χ2n) is 6.64. The highest BCUT2D eigenvalue weighted by molar-refractivity contribution is 6.01. The molecule has 0 fully saturated rings. The van der Waals surface area contributed by atoms with Gasteiger partial charge < -0.3 is 19.2 Å². The lowest BCUT2D eigenvalue weighted by Crippen LogP contribution is -2.40. The number of benzene rings is 2. The van der Waals surface area contributed by atoms with E-state index >= 15 is 0 Å². The van der Waals surface area contributed by atoms with E-state index in [4.69, 9.17) is 14.3 Å². The molecule has 1 aliphatic rings. The molecule has 1 atom stereocenters. The molecule has 28 heavy (non-hydrogen) atoms. The number of carbonyl (C=O) groups is 1. The van der Waals surface area contributed by atoms with Crippen LogP contribution in [-0.2, 0) is 9.63 Å². The summed E-state index contributed by atoms with van der Waals surface area (Å²) in [6.07, 6.45) is 1.39. The van der Waals surface area contributed by atoms with Crippen LogP contribution in [0.4, 0.5) is 0 Å². The predicted octanol–water partition coefficient (Wildman–Crippen LogP) is 3.51. The normalized spacial score (nSPS) is 15.5. The van der Waals surface area contributed by atoms with Crippen LogP contribution in [0.15, 0.2) is 59.8 Å². The molecule has 1 amide bonds. The van der Waals surface area contributed by atoms with Crippen molar-refractivity contribution in [2.75, 3.05) is 26.8 Å². The summed E-state index contributed by atoms with van der Waals surface area (Å²) in [5.74, 6) is 1.44. The molecule has 3 rings (SSSR count). The van der Waals surface area contributed by atoms with Crippen LogP contribution in [0.5, 0.6) is 11.5 Å². The maximum atomic E-state index is 12.6. The second-order valence-corrected chi connectivity index (χ2v) is 6.64. The standard InChI is InChI=1S/C22H26N2O4/c1-3-13-24(22(25)16-27-19-7-5-4-6-8-19)15-20-14-21(23-28-20)17-9-11-18(26-2)12-10-17/h4-12,20H,3,13-16H2,1-2H3/t20-/m0/s1. The van der Waals surface area contributed by atoms with E-state index in [0.717, 1.165) is 23.4 Å². The number of amides is 1. The molecule has 2 aromatic carbocycles. The van der Waals surface area contributed by atoms with Crippen molar-refractivity contribution in [3.8, 4) is 11.5 Å². The molecule has 2 aromatic rings. The van der Waals surface area contributed by atoms with E-state index in [1.54, 1.807) is 12.0 Å². The number of hydrogen-bond donors (Lipinski definition) is 0. The molecule has 0 aliphatic carbocycles. The maximum absolute atomic E-state index is 12.6. The van der Waals surface area contributed by atoms with Gasteiger partial charge in [0.2, 0.25) is 0 Å². The Hall–Kier alpha value is -3.02. The molecule has 6 heteroatoms. The van der Waals surface area contributed by atoms with Crippen LogP contribution < -0.4 is 9.47 Å². The minimum Gasteiger partial charge on any atom is -0.497 e. The molecule has 0 unspecified atom stereocenters. The number of hydrogen-bond acceptors (Lipinski definition) is 5. The van der Waals surface area contributed by atoms with Crippen molar-refractivity contribution >= 4 is 11.6 Å². The van der Waals surface area contributed by atoms with Gasteiger partial charge in [-0.2, -0.15) is 0 Å². The summed E-state index contributed by atoms with van der Waals surface area (Å²) in [6.45, 7) is 3.22. The molecule has 0 saturated heterocycles. The van der Waals surface area contributed by atoms with Crippen molar-refractivity contribution in [2.24, 2.45) is 5.16 Å². The zero-order valence-corrected chi connectivity index (χ0v) is 16.3. The highest BCUT2D eigenvalue weighted by Crippen LogP contribution is 2.20. The molecule has 0 spiro atoms. The van der Waals surface area contributed by atoms with E-state index in [-0.39, 0.29) is 18.6 Å². The lowest BCUT2D eigenvalue weighted by Gasteiger charge is -2.24. The number of ether oxygens (including phenoxy) is 2. The Morgan fingerprint density at radius 1 is 1.14 bits per heavy atom. The van der Waals surface area contributed by atoms with Gasteiger partial charge in [-0.15, -0.1) is 0 Å². The lowest BCUT2D eigenvalue weighted by atomic mass is 10.0. The molecule has 0 N–H and O–H groups in total. The number of rotatable bonds is 9. The zero-order chi connectivity index (χ0) is 19.8. The van der Waals surface area contributed by atoms with Gasteiger partial charge >= 0.3 is 0 Å².